The van der Waals surface area contributed by atoms with Crippen molar-refractivity contribution in [2.24, 2.45) is 0 Å². The van der Waals surface area contributed by atoms with E-state index in [2.05, 4.69) is 0 Å². The standard InChI is InChI=1S/C6H6O2.H3O3P/c7-5-1-2-6(8)4-3-5;1-4(2)3/h1-4,7-8H;1-3H. The number of aromatic hydroxyl groups is 2. The van der Waals surface area contributed by atoms with Gasteiger partial charge in [0.05, 0.1) is 0 Å². The Morgan fingerprint density at radius 2 is 0.917 bits per heavy atom. The summed E-state index contributed by atoms with van der Waals surface area (Å²) in [5, 5.41) is 17.3. The molecule has 0 fully saturated rings. The topological polar surface area (TPSA) is 101 Å². The van der Waals surface area contributed by atoms with Crippen molar-refractivity contribution in [1.29, 1.82) is 0 Å². The number of phenols is 2. The predicted molar refractivity (Wildman–Crippen MR) is 43.3 cm³/mol. The van der Waals surface area contributed by atoms with Crippen LogP contribution in [-0.2, 0) is 0 Å². The van der Waals surface area contributed by atoms with Crippen LogP contribution in [-0.4, -0.2) is 24.9 Å². The van der Waals surface area contributed by atoms with Crippen LogP contribution in [0, 0.1) is 0 Å². The van der Waals surface area contributed by atoms with Crippen LogP contribution in [0.1, 0.15) is 0 Å². The Morgan fingerprint density at radius 3 is 1.08 bits per heavy atom. The maximum absolute atomic E-state index is 8.65. The smallest absolute Gasteiger partial charge is 0.324 e. The summed E-state index contributed by atoms with van der Waals surface area (Å²) >= 11 is 0. The zero-order valence-electron chi connectivity index (χ0n) is 5.99. The van der Waals surface area contributed by atoms with Crippen LogP contribution in [0.25, 0.3) is 0 Å². The highest BCUT2D eigenvalue weighted by atomic mass is 31.2. The number of hydrogen-bond donors (Lipinski definition) is 5. The third-order valence-electron chi connectivity index (χ3n) is 0.850. The van der Waals surface area contributed by atoms with Crippen molar-refractivity contribution in [1.82, 2.24) is 0 Å². The van der Waals surface area contributed by atoms with E-state index < -0.39 is 8.60 Å². The van der Waals surface area contributed by atoms with Gasteiger partial charge in [-0.3, -0.25) is 0 Å². The molecule has 0 aromatic heterocycles. The number of hydrogen-bond acceptors (Lipinski definition) is 5. The number of benzene rings is 1. The van der Waals surface area contributed by atoms with E-state index >= 15 is 0 Å². The molecule has 12 heavy (non-hydrogen) atoms. The van der Waals surface area contributed by atoms with Gasteiger partial charge in [0.15, 0.2) is 0 Å². The fraction of sp³-hybridized carbons (Fsp3) is 0. The molecule has 0 saturated carbocycles. The van der Waals surface area contributed by atoms with Crippen LogP contribution in [0.3, 0.4) is 0 Å². The molecule has 0 bridgehead atoms. The molecule has 0 amide bonds. The van der Waals surface area contributed by atoms with Gasteiger partial charge in [0.2, 0.25) is 0 Å². The van der Waals surface area contributed by atoms with Crippen LogP contribution in [0.2, 0.25) is 0 Å². The molecule has 0 radical (unpaired) electrons. The van der Waals surface area contributed by atoms with Crippen molar-refractivity contribution in [3.63, 3.8) is 0 Å². The van der Waals surface area contributed by atoms with Crippen LogP contribution in [0.4, 0.5) is 0 Å². The van der Waals surface area contributed by atoms with Crippen LogP contribution in [0.5, 0.6) is 11.5 Å². The Balaban J connectivity index is 0.000000261. The maximum atomic E-state index is 8.65. The molecule has 1 rings (SSSR count). The summed E-state index contributed by atoms with van der Waals surface area (Å²) in [6.07, 6.45) is 0. The minimum absolute atomic E-state index is 0.169. The molecule has 0 unspecified atom stereocenters. The fourth-order valence-corrected chi connectivity index (χ4v) is 0.453. The van der Waals surface area contributed by atoms with Gasteiger partial charge in [-0.05, 0) is 24.3 Å². The summed E-state index contributed by atoms with van der Waals surface area (Å²) < 4.78 is 0. The van der Waals surface area contributed by atoms with Crippen LogP contribution in [0.15, 0.2) is 24.3 Å². The van der Waals surface area contributed by atoms with Crippen molar-refractivity contribution < 1.29 is 24.9 Å². The van der Waals surface area contributed by atoms with Crippen molar-refractivity contribution in [2.45, 2.75) is 0 Å². The minimum atomic E-state index is -2.62. The quantitative estimate of drug-likeness (QED) is 0.300. The second-order valence-electron chi connectivity index (χ2n) is 1.78. The molecule has 1 aromatic rings. The SMILES string of the molecule is OP(O)O.Oc1ccc(O)cc1. The second-order valence-corrected chi connectivity index (χ2v) is 2.32. The Hall–Kier alpha value is -0.870. The molecule has 0 aliphatic rings. The highest BCUT2D eigenvalue weighted by Crippen LogP contribution is 2.13. The summed E-state index contributed by atoms with van der Waals surface area (Å²) in [5.41, 5.74) is 0. The Morgan fingerprint density at radius 1 is 0.750 bits per heavy atom. The molecule has 0 aliphatic heterocycles. The lowest BCUT2D eigenvalue weighted by Crippen LogP contribution is -1.61. The minimum Gasteiger partial charge on any atom is -0.508 e. The Bertz CT molecular complexity index is 186. The highest BCUT2D eigenvalue weighted by Gasteiger charge is 1.84. The van der Waals surface area contributed by atoms with Gasteiger partial charge in [0.25, 0.3) is 0 Å². The van der Waals surface area contributed by atoms with Gasteiger partial charge < -0.3 is 24.9 Å². The van der Waals surface area contributed by atoms with Crippen LogP contribution < -0.4 is 0 Å². The van der Waals surface area contributed by atoms with E-state index in [0.717, 1.165) is 0 Å². The van der Waals surface area contributed by atoms with E-state index in [1.807, 2.05) is 0 Å². The van der Waals surface area contributed by atoms with Crippen molar-refractivity contribution >= 4 is 8.60 Å². The lowest BCUT2D eigenvalue weighted by molar-refractivity contribution is 0.368. The third-order valence-corrected chi connectivity index (χ3v) is 0.850. The second kappa shape index (κ2) is 5.74. The number of phenolic OH excluding ortho intramolecular Hbond substituents is 2. The summed E-state index contributed by atoms with van der Waals surface area (Å²) in [4.78, 5) is 21.7. The van der Waals surface area contributed by atoms with Gasteiger partial charge in [0, 0.05) is 0 Å². The molecular formula is C6H9O5P. The molecule has 0 aliphatic carbocycles. The lowest BCUT2D eigenvalue weighted by Gasteiger charge is -1.88. The van der Waals surface area contributed by atoms with Crippen molar-refractivity contribution in [3.05, 3.63) is 24.3 Å². The van der Waals surface area contributed by atoms with E-state index in [0.29, 0.717) is 0 Å². The van der Waals surface area contributed by atoms with Gasteiger partial charge in [-0.2, -0.15) is 0 Å². The maximum Gasteiger partial charge on any atom is 0.324 e. The summed E-state index contributed by atoms with van der Waals surface area (Å²) in [6.45, 7) is 0. The zero-order chi connectivity index (χ0) is 9.56. The molecule has 1 aromatic carbocycles. The lowest BCUT2D eigenvalue weighted by atomic mass is 10.3. The molecule has 0 saturated heterocycles. The summed E-state index contributed by atoms with van der Waals surface area (Å²) in [5.74, 6) is 0.339. The molecule has 0 atom stereocenters. The van der Waals surface area contributed by atoms with Gasteiger partial charge in [-0.15, -0.1) is 0 Å². The molecule has 5 nitrogen and oxygen atoms in total. The fourth-order valence-electron chi connectivity index (χ4n) is 0.453. The van der Waals surface area contributed by atoms with Crippen molar-refractivity contribution in [2.75, 3.05) is 0 Å². The summed E-state index contributed by atoms with van der Waals surface area (Å²) in [7, 11) is -2.62. The third kappa shape index (κ3) is 7.24. The first-order valence-corrected chi connectivity index (χ1v) is 4.07. The molecule has 68 valence electrons. The Labute approximate surface area is 70.2 Å². The highest BCUT2D eigenvalue weighted by molar-refractivity contribution is 7.38. The van der Waals surface area contributed by atoms with Crippen molar-refractivity contribution in [3.8, 4) is 11.5 Å². The van der Waals surface area contributed by atoms with Gasteiger partial charge in [0.1, 0.15) is 11.5 Å². The first kappa shape index (κ1) is 11.1. The molecule has 6 heteroatoms. The molecule has 0 heterocycles. The van der Waals surface area contributed by atoms with Gasteiger partial charge in [-0.25, -0.2) is 0 Å². The Kier molecular flexibility index (Phi) is 5.32. The van der Waals surface area contributed by atoms with Gasteiger partial charge in [-0.1, -0.05) is 0 Å². The van der Waals surface area contributed by atoms with Crippen LogP contribution >= 0.6 is 8.60 Å². The van der Waals surface area contributed by atoms with E-state index in [-0.39, 0.29) is 11.5 Å². The molecule has 5 N–H and O–H groups in total. The van der Waals surface area contributed by atoms with E-state index in [9.17, 15) is 0 Å². The average molecular weight is 192 g/mol. The predicted octanol–water partition coefficient (Wildman–Crippen LogP) is 0.288. The van der Waals surface area contributed by atoms with E-state index in [1.165, 1.54) is 24.3 Å². The summed E-state index contributed by atoms with van der Waals surface area (Å²) in [6, 6.07) is 5.70. The van der Waals surface area contributed by atoms with E-state index in [1.54, 1.807) is 0 Å². The zero-order valence-corrected chi connectivity index (χ0v) is 6.89. The first-order chi connectivity index (χ1) is 5.52. The normalized spacial score (nSPS) is 9.00. The average Bonchev–Trinajstić information content (AvgIpc) is 1.94. The molecule has 0 spiro atoms. The van der Waals surface area contributed by atoms with E-state index in [4.69, 9.17) is 24.9 Å². The first-order valence-electron chi connectivity index (χ1n) is 2.87. The molecular weight excluding hydrogens is 183 g/mol. The van der Waals surface area contributed by atoms with Gasteiger partial charge >= 0.3 is 8.60 Å². The number of rotatable bonds is 0. The monoisotopic (exact) mass is 192 g/mol. The largest absolute Gasteiger partial charge is 0.508 e.